The molecule has 56 heavy (non-hydrogen) atoms. The zero-order valence-electron chi connectivity index (χ0n) is 31.5. The molecule has 0 aliphatic heterocycles. The number of carbonyl (C=O) groups is 3. The van der Waals surface area contributed by atoms with Crippen LogP contribution in [0.4, 0.5) is 0 Å². The Morgan fingerprint density at radius 1 is 0.446 bits per heavy atom. The molecule has 0 unspecified atom stereocenters. The number of carbonyl (C=O) groups excluding carboxylic acids is 3. The van der Waals surface area contributed by atoms with Crippen molar-refractivity contribution >= 4 is 17.7 Å². The molecule has 0 heterocycles. The van der Waals surface area contributed by atoms with Gasteiger partial charge in [0.2, 0.25) is 0 Å². The Labute approximate surface area is 327 Å². The third-order valence-corrected chi connectivity index (χ3v) is 11.5. The lowest BCUT2D eigenvalue weighted by molar-refractivity contribution is -0.144. The number of ether oxygens (including phenoxy) is 2. The molecule has 7 nitrogen and oxygen atoms in total. The first-order valence-corrected chi connectivity index (χ1v) is 19.1. The third kappa shape index (κ3) is 6.23. The predicted molar refractivity (Wildman–Crippen MR) is 218 cm³/mol. The van der Waals surface area contributed by atoms with E-state index in [0.29, 0.717) is 0 Å². The number of rotatable bonds is 14. The summed E-state index contributed by atoms with van der Waals surface area (Å²) in [4.78, 5) is 41.1. The van der Waals surface area contributed by atoms with Crippen molar-refractivity contribution in [3.63, 3.8) is 0 Å². The normalized spacial score (nSPS) is 15.0. The molecular formula is C49H44N2O5. The molecule has 2 aliphatic rings. The highest BCUT2D eigenvalue weighted by Gasteiger charge is 2.48. The SMILES string of the molecule is COC(=O)[C@H](CCC(=O)CC[C@H](NC1(c2ccccc2)c2ccccc2-c2ccccc21)C(=O)OC)NC1(c2ccccc2)c2ccccc2-c2ccccc21. The molecule has 0 radical (unpaired) electrons. The average molecular weight is 741 g/mol. The number of esters is 2. The van der Waals surface area contributed by atoms with E-state index < -0.39 is 35.1 Å². The lowest BCUT2D eigenvalue weighted by Crippen LogP contribution is -2.52. The van der Waals surface area contributed by atoms with Crippen molar-refractivity contribution in [2.24, 2.45) is 0 Å². The van der Waals surface area contributed by atoms with Crippen LogP contribution in [0.15, 0.2) is 158 Å². The molecule has 0 spiro atoms. The molecule has 2 atom stereocenters. The lowest BCUT2D eigenvalue weighted by atomic mass is 9.79. The van der Waals surface area contributed by atoms with Gasteiger partial charge in [0.05, 0.1) is 25.3 Å². The second-order valence-electron chi connectivity index (χ2n) is 14.5. The van der Waals surface area contributed by atoms with Crippen molar-refractivity contribution in [3.05, 3.63) is 191 Å². The minimum absolute atomic E-state index is 0.0710. The fraction of sp³-hybridized carbons (Fsp3) is 0.204. The molecule has 2 N–H and O–H groups in total. The summed E-state index contributed by atoms with van der Waals surface area (Å²) in [5, 5.41) is 7.47. The number of nitrogens with one attached hydrogen (secondary N) is 2. The zero-order chi connectivity index (χ0) is 38.7. The van der Waals surface area contributed by atoms with Crippen LogP contribution in [-0.4, -0.2) is 44.0 Å². The number of Topliss-reactive ketones (excluding diaryl/α,β-unsaturated/α-hetero) is 1. The molecule has 280 valence electrons. The number of hydrogen-bond acceptors (Lipinski definition) is 7. The van der Waals surface area contributed by atoms with Crippen molar-refractivity contribution in [1.29, 1.82) is 0 Å². The summed E-state index contributed by atoms with van der Waals surface area (Å²) < 4.78 is 10.7. The van der Waals surface area contributed by atoms with Gasteiger partial charge in [-0.15, -0.1) is 0 Å². The van der Waals surface area contributed by atoms with Crippen molar-refractivity contribution in [2.75, 3.05) is 14.2 Å². The van der Waals surface area contributed by atoms with Gasteiger partial charge in [0.25, 0.3) is 0 Å². The Morgan fingerprint density at radius 3 is 1.04 bits per heavy atom. The predicted octanol–water partition coefficient (Wildman–Crippen LogP) is 8.32. The largest absolute Gasteiger partial charge is 0.468 e. The van der Waals surface area contributed by atoms with Crippen LogP contribution in [0.3, 0.4) is 0 Å². The van der Waals surface area contributed by atoms with Crippen molar-refractivity contribution < 1.29 is 23.9 Å². The van der Waals surface area contributed by atoms with Crippen LogP contribution >= 0.6 is 0 Å². The lowest BCUT2D eigenvalue weighted by Gasteiger charge is -2.37. The maximum atomic E-state index is 13.9. The first-order valence-electron chi connectivity index (χ1n) is 19.1. The highest BCUT2D eigenvalue weighted by atomic mass is 16.5. The van der Waals surface area contributed by atoms with E-state index in [1.807, 2.05) is 84.9 Å². The van der Waals surface area contributed by atoms with Gasteiger partial charge in [-0.3, -0.25) is 25.0 Å². The van der Waals surface area contributed by atoms with Crippen LogP contribution in [0.5, 0.6) is 0 Å². The summed E-state index contributed by atoms with van der Waals surface area (Å²) >= 11 is 0. The van der Waals surface area contributed by atoms with Gasteiger partial charge < -0.3 is 9.47 Å². The second kappa shape index (κ2) is 15.5. The number of fused-ring (bicyclic) bond motifs is 6. The summed E-state index contributed by atoms with van der Waals surface area (Å²) in [5.74, 6) is -0.974. The quantitative estimate of drug-likeness (QED) is 0.109. The van der Waals surface area contributed by atoms with Crippen LogP contribution < -0.4 is 10.6 Å². The molecule has 6 aromatic rings. The first kappa shape index (κ1) is 36.8. The van der Waals surface area contributed by atoms with Crippen molar-refractivity contribution in [2.45, 2.75) is 48.8 Å². The standard InChI is InChI=1S/C49H44N2O5/c1-55-46(53)44(50-48(33-17-5-3-6-18-33)40-25-13-9-21-36(40)37-22-10-14-26-41(37)48)31-29-35(52)30-32-45(47(54)56-2)51-49(34-19-7-4-8-20-34)42-27-15-11-23-38(42)39-24-12-16-28-43(39)49/h3-28,44-45,50-51H,29-32H2,1-2H3/t44-,45-/m0/s1. The smallest absolute Gasteiger partial charge is 0.322 e. The monoisotopic (exact) mass is 740 g/mol. The number of hydrogen-bond donors (Lipinski definition) is 2. The highest BCUT2D eigenvalue weighted by molar-refractivity contribution is 5.87. The molecule has 0 saturated carbocycles. The van der Waals surface area contributed by atoms with Gasteiger partial charge in [0.15, 0.2) is 0 Å². The Balaban J connectivity index is 1.06. The van der Waals surface area contributed by atoms with E-state index >= 15 is 0 Å². The minimum Gasteiger partial charge on any atom is -0.468 e. The summed E-state index contributed by atoms with van der Waals surface area (Å²) in [7, 11) is 2.75. The van der Waals surface area contributed by atoms with Crippen LogP contribution in [0.1, 0.15) is 59.1 Å². The Morgan fingerprint density at radius 2 is 0.732 bits per heavy atom. The molecule has 0 bridgehead atoms. The minimum atomic E-state index is -0.865. The van der Waals surface area contributed by atoms with Crippen LogP contribution in [0, 0.1) is 0 Å². The molecule has 6 aromatic carbocycles. The first-order chi connectivity index (χ1) is 27.4. The zero-order valence-corrected chi connectivity index (χ0v) is 31.5. The molecular weight excluding hydrogens is 697 g/mol. The Bertz CT molecular complexity index is 2130. The van der Waals surface area contributed by atoms with Crippen LogP contribution in [0.2, 0.25) is 0 Å². The second-order valence-corrected chi connectivity index (χ2v) is 14.5. The van der Waals surface area contributed by atoms with Crippen molar-refractivity contribution in [1.82, 2.24) is 10.6 Å². The molecule has 0 fully saturated rings. The van der Waals surface area contributed by atoms with Gasteiger partial charge in [0.1, 0.15) is 17.9 Å². The Hall–Kier alpha value is -6.15. The molecule has 7 heteroatoms. The van der Waals surface area contributed by atoms with Crippen LogP contribution in [0.25, 0.3) is 22.3 Å². The summed E-state index contributed by atoms with van der Waals surface area (Å²) in [6, 6.07) is 51.5. The molecule has 8 rings (SSSR count). The van der Waals surface area contributed by atoms with Gasteiger partial charge in [-0.25, -0.2) is 0 Å². The summed E-state index contributed by atoms with van der Waals surface area (Å²) in [5.41, 5.74) is 8.68. The number of methoxy groups -OCH3 is 2. The van der Waals surface area contributed by atoms with Gasteiger partial charge in [-0.2, -0.15) is 0 Å². The topological polar surface area (TPSA) is 93.7 Å². The third-order valence-electron chi connectivity index (χ3n) is 11.5. The fourth-order valence-corrected chi connectivity index (χ4v) is 8.99. The fourth-order valence-electron chi connectivity index (χ4n) is 8.99. The molecule has 0 amide bonds. The molecule has 0 aromatic heterocycles. The van der Waals surface area contributed by atoms with Gasteiger partial charge >= 0.3 is 11.9 Å². The van der Waals surface area contributed by atoms with E-state index in [1.54, 1.807) is 0 Å². The van der Waals surface area contributed by atoms with Crippen LogP contribution in [-0.2, 0) is 34.9 Å². The molecule has 0 saturated heterocycles. The van der Waals surface area contributed by atoms with E-state index in [2.05, 4.69) is 83.4 Å². The summed E-state index contributed by atoms with van der Waals surface area (Å²) in [6.45, 7) is 0. The number of benzene rings is 6. The van der Waals surface area contributed by atoms with E-state index in [0.717, 1.165) is 55.6 Å². The maximum Gasteiger partial charge on any atom is 0.322 e. The highest BCUT2D eigenvalue weighted by Crippen LogP contribution is 2.52. The van der Waals surface area contributed by atoms with E-state index in [4.69, 9.17) is 9.47 Å². The average Bonchev–Trinajstić information content (AvgIpc) is 3.71. The van der Waals surface area contributed by atoms with Gasteiger partial charge in [-0.1, -0.05) is 158 Å². The summed E-state index contributed by atoms with van der Waals surface area (Å²) in [6.07, 6.45) is 0.611. The number of ketones is 1. The van der Waals surface area contributed by atoms with E-state index in [-0.39, 0.29) is 31.5 Å². The van der Waals surface area contributed by atoms with Gasteiger partial charge in [0, 0.05) is 12.8 Å². The van der Waals surface area contributed by atoms with Gasteiger partial charge in [-0.05, 0) is 68.5 Å². The van der Waals surface area contributed by atoms with E-state index in [9.17, 15) is 14.4 Å². The Kier molecular flexibility index (Phi) is 10.2. The maximum absolute atomic E-state index is 13.9. The molecule has 2 aliphatic carbocycles. The van der Waals surface area contributed by atoms with E-state index in [1.165, 1.54) is 14.2 Å². The van der Waals surface area contributed by atoms with Crippen molar-refractivity contribution in [3.8, 4) is 22.3 Å².